The minimum Gasteiger partial charge on any atom is -0.497 e. The molecule has 5 rings (SSSR count). The lowest BCUT2D eigenvalue weighted by Crippen LogP contribution is -2.40. The summed E-state index contributed by atoms with van der Waals surface area (Å²) in [7, 11) is 1.59. The van der Waals surface area contributed by atoms with Crippen molar-refractivity contribution in [1.82, 2.24) is 4.57 Å². The Balaban J connectivity index is 1.64. The first-order valence-corrected chi connectivity index (χ1v) is 14.6. The van der Waals surface area contributed by atoms with E-state index < -0.39 is 6.04 Å². The predicted molar refractivity (Wildman–Crippen MR) is 165 cm³/mol. The fraction of sp³-hybridized carbons (Fsp3) is 0.242. The number of anilines is 1. The predicted octanol–water partition coefficient (Wildman–Crippen LogP) is 5.07. The van der Waals surface area contributed by atoms with Crippen molar-refractivity contribution in [3.8, 4) is 17.2 Å². The summed E-state index contributed by atoms with van der Waals surface area (Å²) in [5.74, 6) is 1.55. The zero-order chi connectivity index (χ0) is 29.8. The summed E-state index contributed by atoms with van der Waals surface area (Å²) in [5, 5.41) is 2.97. The van der Waals surface area contributed by atoms with E-state index in [1.54, 1.807) is 18.6 Å². The molecule has 0 fully saturated rings. The molecule has 2 heterocycles. The average Bonchev–Trinajstić information content (AvgIpc) is 3.27. The van der Waals surface area contributed by atoms with Gasteiger partial charge in [-0.15, -0.1) is 0 Å². The van der Waals surface area contributed by atoms with Crippen LogP contribution in [0.4, 0.5) is 5.69 Å². The van der Waals surface area contributed by atoms with Crippen LogP contribution in [0.15, 0.2) is 93.9 Å². The van der Waals surface area contributed by atoms with Crippen LogP contribution in [-0.2, 0) is 4.79 Å². The standard InChI is InChI=1S/C33H33N3O5S/c1-6-40-27-17-22(15-16-26(27)41-20(2)3)18-28-32(38)36-30(23-11-10-14-25(19-23)39-5)29(21(4)34-33(36)42-28)31(37)35-24-12-8-7-9-13-24/h7-20,30H,6H2,1-5H3,(H,35,37)/b28-18-/t30-/m0/s1. The molecule has 1 N–H and O–H groups in total. The molecule has 1 amide bonds. The molecule has 0 aliphatic carbocycles. The van der Waals surface area contributed by atoms with E-state index >= 15 is 0 Å². The Kier molecular flexibility index (Phi) is 8.59. The van der Waals surface area contributed by atoms with Crippen LogP contribution in [0.5, 0.6) is 17.2 Å². The topological polar surface area (TPSA) is 91.2 Å². The van der Waals surface area contributed by atoms with Crippen LogP contribution in [0.25, 0.3) is 6.08 Å². The number of rotatable bonds is 9. The molecule has 0 spiro atoms. The molecule has 0 bridgehead atoms. The summed E-state index contributed by atoms with van der Waals surface area (Å²) >= 11 is 1.28. The second kappa shape index (κ2) is 12.5. The van der Waals surface area contributed by atoms with E-state index in [0.717, 1.165) is 11.1 Å². The minimum atomic E-state index is -0.706. The van der Waals surface area contributed by atoms with Crippen molar-refractivity contribution in [2.75, 3.05) is 19.0 Å². The zero-order valence-electron chi connectivity index (χ0n) is 24.2. The van der Waals surface area contributed by atoms with Crippen molar-refractivity contribution in [2.45, 2.75) is 39.8 Å². The summed E-state index contributed by atoms with van der Waals surface area (Å²) in [5.41, 5.74) is 2.86. The van der Waals surface area contributed by atoms with Gasteiger partial charge in [0.25, 0.3) is 11.5 Å². The number of carbonyl (C=O) groups is 1. The second-order valence-corrected chi connectivity index (χ2v) is 11.0. The van der Waals surface area contributed by atoms with Crippen LogP contribution in [0.1, 0.15) is 44.9 Å². The number of benzene rings is 3. The number of amides is 1. The fourth-order valence-corrected chi connectivity index (χ4v) is 5.89. The van der Waals surface area contributed by atoms with Gasteiger partial charge in [0.05, 0.1) is 41.7 Å². The van der Waals surface area contributed by atoms with Crippen molar-refractivity contribution in [3.63, 3.8) is 0 Å². The van der Waals surface area contributed by atoms with Gasteiger partial charge in [-0.05, 0) is 81.3 Å². The normalized spacial score (nSPS) is 14.8. The third kappa shape index (κ3) is 6.01. The monoisotopic (exact) mass is 583 g/mol. The summed E-state index contributed by atoms with van der Waals surface area (Å²) in [4.78, 5) is 33.0. The van der Waals surface area contributed by atoms with Gasteiger partial charge in [-0.25, -0.2) is 4.99 Å². The first kappa shape index (κ1) is 28.9. The average molecular weight is 584 g/mol. The fourth-order valence-electron chi connectivity index (χ4n) is 4.84. The number of methoxy groups -OCH3 is 1. The molecule has 1 aliphatic heterocycles. The van der Waals surface area contributed by atoms with Gasteiger partial charge in [-0.1, -0.05) is 47.7 Å². The smallest absolute Gasteiger partial charge is 0.271 e. The van der Waals surface area contributed by atoms with E-state index in [-0.39, 0.29) is 17.6 Å². The lowest BCUT2D eigenvalue weighted by molar-refractivity contribution is -0.113. The van der Waals surface area contributed by atoms with E-state index in [1.807, 2.05) is 99.6 Å². The minimum absolute atomic E-state index is 0.00752. The lowest BCUT2D eigenvalue weighted by atomic mass is 9.95. The van der Waals surface area contributed by atoms with Gasteiger partial charge in [-0.3, -0.25) is 14.2 Å². The van der Waals surface area contributed by atoms with Crippen LogP contribution in [0, 0.1) is 0 Å². The van der Waals surface area contributed by atoms with Gasteiger partial charge in [-0.2, -0.15) is 0 Å². The second-order valence-electron chi connectivity index (χ2n) is 9.98. The molecule has 1 aliphatic rings. The molecule has 0 unspecified atom stereocenters. The number of allylic oxidation sites excluding steroid dienone is 1. The number of para-hydroxylation sites is 1. The number of aromatic nitrogens is 1. The van der Waals surface area contributed by atoms with Gasteiger partial charge in [0, 0.05) is 5.69 Å². The maximum absolute atomic E-state index is 14.1. The van der Waals surface area contributed by atoms with Gasteiger partial charge in [0.15, 0.2) is 16.3 Å². The van der Waals surface area contributed by atoms with Crippen molar-refractivity contribution in [1.29, 1.82) is 0 Å². The maximum Gasteiger partial charge on any atom is 0.271 e. The Labute approximate surface area is 248 Å². The molecule has 8 nitrogen and oxygen atoms in total. The summed E-state index contributed by atoms with van der Waals surface area (Å²) in [6, 6.07) is 21.5. The maximum atomic E-state index is 14.1. The number of hydrogen-bond donors (Lipinski definition) is 1. The highest BCUT2D eigenvalue weighted by atomic mass is 32.1. The van der Waals surface area contributed by atoms with Gasteiger partial charge >= 0.3 is 0 Å². The number of nitrogens with zero attached hydrogens (tertiary/aromatic N) is 2. The highest BCUT2D eigenvalue weighted by molar-refractivity contribution is 7.07. The number of fused-ring (bicyclic) bond motifs is 1. The van der Waals surface area contributed by atoms with Crippen molar-refractivity contribution >= 4 is 29.0 Å². The third-order valence-electron chi connectivity index (χ3n) is 6.64. The Morgan fingerprint density at radius 3 is 2.57 bits per heavy atom. The molecular formula is C33H33N3O5S. The molecule has 0 saturated heterocycles. The number of ether oxygens (including phenoxy) is 3. The Hall–Kier alpha value is -4.63. The lowest BCUT2D eigenvalue weighted by Gasteiger charge is -2.25. The molecule has 1 aromatic heterocycles. The molecule has 4 aromatic rings. The van der Waals surface area contributed by atoms with E-state index in [0.29, 0.717) is 50.1 Å². The zero-order valence-corrected chi connectivity index (χ0v) is 25.0. The quantitative estimate of drug-likeness (QED) is 0.297. The SMILES string of the molecule is CCOc1cc(/C=c2\sc3n(c2=O)[C@@H](c2cccc(OC)c2)C(C(=O)Nc2ccccc2)=C(C)N=3)ccc1OC(C)C. The molecule has 9 heteroatoms. The Bertz CT molecular complexity index is 1820. The molecule has 0 saturated carbocycles. The highest BCUT2D eigenvalue weighted by Gasteiger charge is 2.32. The number of hydrogen-bond acceptors (Lipinski definition) is 7. The molecule has 0 radical (unpaired) electrons. The van der Waals surface area contributed by atoms with E-state index in [1.165, 1.54) is 11.3 Å². The first-order chi connectivity index (χ1) is 20.3. The van der Waals surface area contributed by atoms with Crippen LogP contribution in [-0.4, -0.2) is 30.3 Å². The van der Waals surface area contributed by atoms with Crippen LogP contribution < -0.4 is 34.4 Å². The number of thiazole rings is 1. The largest absolute Gasteiger partial charge is 0.497 e. The van der Waals surface area contributed by atoms with E-state index in [2.05, 4.69) is 5.32 Å². The first-order valence-electron chi connectivity index (χ1n) is 13.8. The molecular weight excluding hydrogens is 550 g/mol. The molecule has 216 valence electrons. The van der Waals surface area contributed by atoms with E-state index in [4.69, 9.17) is 19.2 Å². The van der Waals surface area contributed by atoms with Gasteiger partial charge in [0.1, 0.15) is 5.75 Å². The summed E-state index contributed by atoms with van der Waals surface area (Å²) < 4.78 is 19.3. The Morgan fingerprint density at radius 1 is 1.07 bits per heavy atom. The third-order valence-corrected chi connectivity index (χ3v) is 7.62. The highest BCUT2D eigenvalue weighted by Crippen LogP contribution is 2.33. The molecule has 1 atom stereocenters. The van der Waals surface area contributed by atoms with Crippen molar-refractivity contribution in [3.05, 3.63) is 115 Å². The summed E-state index contributed by atoms with van der Waals surface area (Å²) in [6.45, 7) is 8.11. The number of nitrogens with one attached hydrogen (secondary N) is 1. The molecule has 3 aromatic carbocycles. The van der Waals surface area contributed by atoms with Gasteiger partial charge in [0.2, 0.25) is 0 Å². The Morgan fingerprint density at radius 2 is 1.86 bits per heavy atom. The van der Waals surface area contributed by atoms with Crippen LogP contribution in [0.3, 0.4) is 0 Å². The summed E-state index contributed by atoms with van der Waals surface area (Å²) in [6.07, 6.45) is 1.81. The van der Waals surface area contributed by atoms with Crippen molar-refractivity contribution in [2.24, 2.45) is 4.99 Å². The van der Waals surface area contributed by atoms with E-state index in [9.17, 15) is 9.59 Å². The van der Waals surface area contributed by atoms with Crippen LogP contribution in [0.2, 0.25) is 0 Å². The van der Waals surface area contributed by atoms with Crippen molar-refractivity contribution < 1.29 is 19.0 Å². The number of carbonyl (C=O) groups excluding carboxylic acids is 1. The van der Waals surface area contributed by atoms with Crippen LogP contribution >= 0.6 is 11.3 Å². The van der Waals surface area contributed by atoms with Gasteiger partial charge < -0.3 is 19.5 Å². The molecule has 42 heavy (non-hydrogen) atoms.